The second-order valence-electron chi connectivity index (χ2n) is 6.29. The van der Waals surface area contributed by atoms with Crippen LogP contribution in [0.3, 0.4) is 0 Å². The number of carbonyl (C=O) groups is 1. The van der Waals surface area contributed by atoms with E-state index in [1.54, 1.807) is 6.07 Å². The van der Waals surface area contributed by atoms with Gasteiger partial charge in [0.15, 0.2) is 0 Å². The Morgan fingerprint density at radius 1 is 1.26 bits per heavy atom. The number of aromatic amines is 1. The summed E-state index contributed by atoms with van der Waals surface area (Å²) in [5.41, 5.74) is 1.90. The quantitative estimate of drug-likeness (QED) is 0.636. The number of hydrogen-bond donors (Lipinski definition) is 3. The van der Waals surface area contributed by atoms with Crippen LogP contribution in [0.1, 0.15) is 29.8 Å². The van der Waals surface area contributed by atoms with Gasteiger partial charge >= 0.3 is 5.97 Å². The maximum atomic E-state index is 11.3. The minimum absolute atomic E-state index is 0.0505. The minimum Gasteiger partial charge on any atom is -0.506 e. The summed E-state index contributed by atoms with van der Waals surface area (Å²) in [4.78, 5) is 14.4. The molecule has 0 atom stereocenters. The molecule has 5 heteroatoms. The summed E-state index contributed by atoms with van der Waals surface area (Å²) in [6.45, 7) is 3.94. The topological polar surface area (TPSA) is 82.5 Å². The molecule has 2 aromatic carbocycles. The average molecular weight is 309 g/mol. The van der Waals surface area contributed by atoms with Crippen LogP contribution in [0, 0.1) is 0 Å². The van der Waals surface area contributed by atoms with Gasteiger partial charge in [-0.15, -0.1) is 0 Å². The van der Waals surface area contributed by atoms with Crippen LogP contribution in [0.15, 0.2) is 30.3 Å². The number of fused-ring (bicyclic) bond motifs is 5. The summed E-state index contributed by atoms with van der Waals surface area (Å²) >= 11 is 0. The van der Waals surface area contributed by atoms with Gasteiger partial charge < -0.3 is 19.9 Å². The number of H-pyrrole nitrogens is 1. The summed E-state index contributed by atoms with van der Waals surface area (Å²) in [5, 5.41) is 20.9. The molecular formula is C18H15NO4. The Morgan fingerprint density at radius 3 is 2.78 bits per heavy atom. The van der Waals surface area contributed by atoms with Crippen molar-refractivity contribution < 1.29 is 19.7 Å². The third-order valence-corrected chi connectivity index (χ3v) is 4.12. The van der Waals surface area contributed by atoms with E-state index in [9.17, 15) is 15.0 Å². The number of aromatic carboxylic acids is 1. The molecule has 1 aliphatic heterocycles. The van der Waals surface area contributed by atoms with Crippen LogP contribution in [0.25, 0.3) is 27.9 Å². The first-order chi connectivity index (χ1) is 10.9. The maximum Gasteiger partial charge on any atom is 0.335 e. The van der Waals surface area contributed by atoms with E-state index in [1.165, 1.54) is 6.07 Å². The number of carboxylic acids is 1. The Bertz CT molecular complexity index is 1010. The molecular weight excluding hydrogens is 294 g/mol. The Labute approximate surface area is 131 Å². The Morgan fingerprint density at radius 2 is 2.04 bits per heavy atom. The van der Waals surface area contributed by atoms with Gasteiger partial charge in [0.2, 0.25) is 0 Å². The highest BCUT2D eigenvalue weighted by molar-refractivity contribution is 6.15. The van der Waals surface area contributed by atoms with Crippen LogP contribution in [-0.2, 0) is 0 Å². The van der Waals surface area contributed by atoms with Crippen LogP contribution in [0.2, 0.25) is 0 Å². The summed E-state index contributed by atoms with van der Waals surface area (Å²) in [5.74, 6) is -0.411. The second kappa shape index (κ2) is 4.29. The SMILES string of the molecule is CC1(C)C=Cc2c(ccc3[nH]c4c(O)cc(C(=O)O)cc4c23)O1. The number of rotatable bonds is 1. The second-order valence-corrected chi connectivity index (χ2v) is 6.29. The molecule has 23 heavy (non-hydrogen) atoms. The molecule has 0 unspecified atom stereocenters. The molecule has 3 aromatic rings. The number of nitrogens with one attached hydrogen (secondary N) is 1. The fourth-order valence-corrected chi connectivity index (χ4v) is 3.06. The molecule has 116 valence electrons. The zero-order chi connectivity index (χ0) is 16.4. The van der Waals surface area contributed by atoms with Gasteiger partial charge in [0.1, 0.15) is 17.1 Å². The lowest BCUT2D eigenvalue weighted by molar-refractivity contribution is 0.0696. The smallest absolute Gasteiger partial charge is 0.335 e. The van der Waals surface area contributed by atoms with Crippen molar-refractivity contribution in [3.63, 3.8) is 0 Å². The minimum atomic E-state index is -1.07. The molecule has 4 rings (SSSR count). The largest absolute Gasteiger partial charge is 0.506 e. The third-order valence-electron chi connectivity index (χ3n) is 4.12. The van der Waals surface area contributed by atoms with E-state index in [0.29, 0.717) is 10.9 Å². The molecule has 0 saturated carbocycles. The molecule has 1 aliphatic rings. The first-order valence-electron chi connectivity index (χ1n) is 7.29. The number of hydrogen-bond acceptors (Lipinski definition) is 3. The Kier molecular flexibility index (Phi) is 2.55. The van der Waals surface area contributed by atoms with Gasteiger partial charge in [0, 0.05) is 21.9 Å². The van der Waals surface area contributed by atoms with Crippen molar-refractivity contribution in [2.75, 3.05) is 0 Å². The van der Waals surface area contributed by atoms with E-state index in [4.69, 9.17) is 4.74 Å². The van der Waals surface area contributed by atoms with Crippen molar-refractivity contribution in [2.45, 2.75) is 19.4 Å². The predicted octanol–water partition coefficient (Wildman–Crippen LogP) is 3.91. The van der Waals surface area contributed by atoms with E-state index in [-0.39, 0.29) is 16.9 Å². The molecule has 2 heterocycles. The van der Waals surface area contributed by atoms with Gasteiger partial charge in [-0.3, -0.25) is 0 Å². The predicted molar refractivity (Wildman–Crippen MR) is 88.2 cm³/mol. The van der Waals surface area contributed by atoms with E-state index in [2.05, 4.69) is 4.98 Å². The van der Waals surface area contributed by atoms with Crippen LogP contribution >= 0.6 is 0 Å². The van der Waals surface area contributed by atoms with Gasteiger partial charge in [0.25, 0.3) is 0 Å². The van der Waals surface area contributed by atoms with Crippen molar-refractivity contribution >= 4 is 33.9 Å². The van der Waals surface area contributed by atoms with Crippen molar-refractivity contribution in [1.82, 2.24) is 4.98 Å². The third kappa shape index (κ3) is 1.97. The fraction of sp³-hybridized carbons (Fsp3) is 0.167. The first kappa shape index (κ1) is 13.7. The lowest BCUT2D eigenvalue weighted by atomic mass is 9.98. The van der Waals surface area contributed by atoms with E-state index >= 15 is 0 Å². The molecule has 0 bridgehead atoms. The zero-order valence-corrected chi connectivity index (χ0v) is 12.7. The monoisotopic (exact) mass is 309 g/mol. The molecule has 0 saturated heterocycles. The van der Waals surface area contributed by atoms with Gasteiger partial charge in [-0.25, -0.2) is 4.79 Å². The van der Waals surface area contributed by atoms with E-state index in [0.717, 1.165) is 22.2 Å². The number of ether oxygens (including phenoxy) is 1. The lowest BCUT2D eigenvalue weighted by Crippen LogP contribution is -2.27. The molecule has 0 aliphatic carbocycles. The Hall–Kier alpha value is -2.95. The van der Waals surface area contributed by atoms with Crippen LogP contribution in [0.4, 0.5) is 0 Å². The van der Waals surface area contributed by atoms with Crippen molar-refractivity contribution in [3.05, 3.63) is 41.5 Å². The van der Waals surface area contributed by atoms with Crippen molar-refractivity contribution in [1.29, 1.82) is 0 Å². The highest BCUT2D eigenvalue weighted by Crippen LogP contribution is 2.41. The summed E-state index contributed by atoms with van der Waals surface area (Å²) in [6, 6.07) is 6.59. The fourth-order valence-electron chi connectivity index (χ4n) is 3.06. The summed E-state index contributed by atoms with van der Waals surface area (Å²) < 4.78 is 5.97. The molecule has 0 radical (unpaired) electrons. The molecule has 5 nitrogen and oxygen atoms in total. The molecule has 0 fully saturated rings. The molecule has 1 aromatic heterocycles. The van der Waals surface area contributed by atoms with E-state index < -0.39 is 5.97 Å². The van der Waals surface area contributed by atoms with Gasteiger partial charge in [0.05, 0.1) is 11.1 Å². The van der Waals surface area contributed by atoms with Gasteiger partial charge in [-0.05, 0) is 44.2 Å². The number of aromatic nitrogens is 1. The van der Waals surface area contributed by atoms with Crippen LogP contribution in [-0.4, -0.2) is 26.8 Å². The maximum absolute atomic E-state index is 11.3. The average Bonchev–Trinajstić information content (AvgIpc) is 2.85. The zero-order valence-electron chi connectivity index (χ0n) is 12.7. The number of phenols is 1. The number of carboxylic acid groups (broad SMARTS) is 1. The molecule has 3 N–H and O–H groups in total. The molecule has 0 spiro atoms. The van der Waals surface area contributed by atoms with Crippen molar-refractivity contribution in [3.8, 4) is 11.5 Å². The summed E-state index contributed by atoms with van der Waals surface area (Å²) in [7, 11) is 0. The van der Waals surface area contributed by atoms with Gasteiger partial charge in [-0.2, -0.15) is 0 Å². The normalized spacial score (nSPS) is 15.6. The standard InChI is InChI=1S/C18H15NO4/c1-18(2)6-5-10-14(23-18)4-3-12-15(10)11-7-9(17(21)22)8-13(20)16(11)19-12/h3-8,19-20H,1-2H3,(H,21,22). The highest BCUT2D eigenvalue weighted by atomic mass is 16.5. The summed E-state index contributed by atoms with van der Waals surface area (Å²) in [6.07, 6.45) is 3.95. The highest BCUT2D eigenvalue weighted by Gasteiger charge is 2.24. The molecule has 0 amide bonds. The van der Waals surface area contributed by atoms with Crippen LogP contribution in [0.5, 0.6) is 11.5 Å². The number of phenolic OH excluding ortho intramolecular Hbond substituents is 1. The first-order valence-corrected chi connectivity index (χ1v) is 7.29. The van der Waals surface area contributed by atoms with Gasteiger partial charge in [-0.1, -0.05) is 6.08 Å². The number of aromatic hydroxyl groups is 1. The van der Waals surface area contributed by atoms with Crippen molar-refractivity contribution in [2.24, 2.45) is 0 Å². The van der Waals surface area contributed by atoms with E-state index in [1.807, 2.05) is 38.1 Å². The van der Waals surface area contributed by atoms with Crippen LogP contribution < -0.4 is 4.74 Å². The number of benzene rings is 2. The Balaban J connectivity index is 2.12. The lowest BCUT2D eigenvalue weighted by Gasteiger charge is -2.28.